The molecule has 0 saturated heterocycles. The lowest BCUT2D eigenvalue weighted by Crippen LogP contribution is -2.43. The largest absolute Gasteiger partial charge is 0.457 e. The summed E-state index contributed by atoms with van der Waals surface area (Å²) in [5, 5.41) is 1.04. The summed E-state index contributed by atoms with van der Waals surface area (Å²) in [6.45, 7) is 4.68. The number of hydrogen-bond donors (Lipinski definition) is 0. The molecule has 9 rings (SSSR count). The van der Waals surface area contributed by atoms with Gasteiger partial charge in [0.1, 0.15) is 11.5 Å². The molecule has 3 nitrogen and oxygen atoms in total. The lowest BCUT2D eigenvalue weighted by atomic mass is 9.53. The second-order valence-corrected chi connectivity index (χ2v) is 12.6. The molecule has 214 valence electrons. The standard InChI is InChI=1S/C42H30N2O/c1-41(2)30-17-7-9-19-32(30)42(33-20-10-8-18-31(33)41)34-21-11-13-23-37(34)45-38-25-24-28(26-35(38)42)40-43-36-22-12-6-16-29(36)39(44-40)27-14-4-3-5-15-27/h3-26H,1-2H3. The number of benzene rings is 6. The van der Waals surface area contributed by atoms with Gasteiger partial charge >= 0.3 is 0 Å². The van der Waals surface area contributed by atoms with Gasteiger partial charge in [0.05, 0.1) is 16.6 Å². The minimum atomic E-state index is -0.581. The van der Waals surface area contributed by atoms with Gasteiger partial charge in [-0.25, -0.2) is 9.97 Å². The molecule has 0 N–H and O–H groups in total. The zero-order chi connectivity index (χ0) is 30.2. The summed E-state index contributed by atoms with van der Waals surface area (Å²) in [5.41, 5.74) is 10.6. The van der Waals surface area contributed by atoms with Gasteiger partial charge in [-0.1, -0.05) is 129 Å². The maximum Gasteiger partial charge on any atom is 0.160 e. The van der Waals surface area contributed by atoms with Crippen molar-refractivity contribution in [3.8, 4) is 34.1 Å². The van der Waals surface area contributed by atoms with Gasteiger partial charge in [-0.3, -0.25) is 0 Å². The molecule has 0 radical (unpaired) electrons. The zero-order valence-electron chi connectivity index (χ0n) is 25.2. The van der Waals surface area contributed by atoms with Gasteiger partial charge in [-0.15, -0.1) is 0 Å². The minimum Gasteiger partial charge on any atom is -0.457 e. The molecule has 2 heterocycles. The van der Waals surface area contributed by atoms with Crippen molar-refractivity contribution in [3.63, 3.8) is 0 Å². The van der Waals surface area contributed by atoms with Crippen LogP contribution in [-0.2, 0) is 10.8 Å². The fraction of sp³-hybridized carbons (Fsp3) is 0.0952. The molecule has 3 heteroatoms. The molecule has 6 aromatic carbocycles. The Morgan fingerprint density at radius 3 is 1.78 bits per heavy atom. The van der Waals surface area contributed by atoms with Crippen molar-refractivity contribution < 1.29 is 4.74 Å². The first kappa shape index (κ1) is 25.9. The maximum absolute atomic E-state index is 6.70. The second-order valence-electron chi connectivity index (χ2n) is 12.6. The van der Waals surface area contributed by atoms with Crippen molar-refractivity contribution in [2.24, 2.45) is 0 Å². The van der Waals surface area contributed by atoms with Gasteiger partial charge in [0.2, 0.25) is 0 Å². The van der Waals surface area contributed by atoms with Gasteiger partial charge in [0.25, 0.3) is 0 Å². The molecule has 1 aliphatic heterocycles. The molecule has 45 heavy (non-hydrogen) atoms. The highest BCUT2D eigenvalue weighted by atomic mass is 16.5. The van der Waals surface area contributed by atoms with E-state index in [2.05, 4.69) is 147 Å². The highest BCUT2D eigenvalue weighted by Crippen LogP contribution is 2.61. The first-order chi connectivity index (χ1) is 22.1. The Hall–Kier alpha value is -5.54. The van der Waals surface area contributed by atoms with E-state index < -0.39 is 5.41 Å². The van der Waals surface area contributed by atoms with Crippen LogP contribution in [0.25, 0.3) is 33.5 Å². The maximum atomic E-state index is 6.70. The van der Waals surface area contributed by atoms with Crippen molar-refractivity contribution in [1.82, 2.24) is 9.97 Å². The molecule has 0 bridgehead atoms. The van der Waals surface area contributed by atoms with Gasteiger partial charge in [-0.05, 0) is 52.6 Å². The topological polar surface area (TPSA) is 35.0 Å². The van der Waals surface area contributed by atoms with E-state index in [4.69, 9.17) is 14.7 Å². The van der Waals surface area contributed by atoms with E-state index in [1.165, 1.54) is 22.3 Å². The Morgan fingerprint density at radius 1 is 0.467 bits per heavy atom. The van der Waals surface area contributed by atoms with Crippen LogP contribution >= 0.6 is 0 Å². The zero-order valence-corrected chi connectivity index (χ0v) is 25.2. The minimum absolute atomic E-state index is 0.171. The van der Waals surface area contributed by atoms with Crippen LogP contribution in [0.3, 0.4) is 0 Å². The van der Waals surface area contributed by atoms with E-state index in [1.54, 1.807) is 0 Å². The van der Waals surface area contributed by atoms with Crippen molar-refractivity contribution in [1.29, 1.82) is 0 Å². The number of rotatable bonds is 2. The van der Waals surface area contributed by atoms with Crippen LogP contribution in [0.15, 0.2) is 146 Å². The number of ether oxygens (including phenoxy) is 1. The highest BCUT2D eigenvalue weighted by Gasteiger charge is 2.52. The van der Waals surface area contributed by atoms with E-state index in [-0.39, 0.29) is 5.41 Å². The first-order valence-electron chi connectivity index (χ1n) is 15.5. The molecule has 0 fully saturated rings. The highest BCUT2D eigenvalue weighted by molar-refractivity contribution is 5.93. The van der Waals surface area contributed by atoms with Gasteiger partial charge in [-0.2, -0.15) is 0 Å². The van der Waals surface area contributed by atoms with Gasteiger partial charge in [0.15, 0.2) is 5.82 Å². The smallest absolute Gasteiger partial charge is 0.160 e. The van der Waals surface area contributed by atoms with Gasteiger partial charge < -0.3 is 4.74 Å². The Bertz CT molecular complexity index is 2240. The number of aromatic nitrogens is 2. The number of hydrogen-bond acceptors (Lipinski definition) is 3. The molecule has 0 unspecified atom stereocenters. The van der Waals surface area contributed by atoms with E-state index >= 15 is 0 Å². The van der Waals surface area contributed by atoms with E-state index in [9.17, 15) is 0 Å². The van der Waals surface area contributed by atoms with Gasteiger partial charge in [0, 0.05) is 33.1 Å². The summed E-state index contributed by atoms with van der Waals surface area (Å²) in [6.07, 6.45) is 0. The van der Waals surface area contributed by atoms with E-state index in [0.29, 0.717) is 5.82 Å². The molecule has 1 aromatic heterocycles. The lowest BCUT2D eigenvalue weighted by molar-refractivity contribution is 0.425. The van der Waals surface area contributed by atoms with Crippen LogP contribution in [0, 0.1) is 0 Å². The Morgan fingerprint density at radius 2 is 1.04 bits per heavy atom. The van der Waals surface area contributed by atoms with Crippen LogP contribution in [0.5, 0.6) is 11.5 Å². The fourth-order valence-electron chi connectivity index (χ4n) is 7.78. The summed E-state index contributed by atoms with van der Waals surface area (Å²) >= 11 is 0. The monoisotopic (exact) mass is 578 g/mol. The number of para-hydroxylation sites is 2. The quantitative estimate of drug-likeness (QED) is 0.205. The predicted octanol–water partition coefficient (Wildman–Crippen LogP) is 10.1. The summed E-state index contributed by atoms with van der Waals surface area (Å²) in [7, 11) is 0. The average Bonchev–Trinajstić information content (AvgIpc) is 3.10. The van der Waals surface area contributed by atoms with Crippen LogP contribution < -0.4 is 4.74 Å². The normalized spacial score (nSPS) is 15.0. The SMILES string of the molecule is CC1(C)c2ccccc2C2(c3ccccc3Oc3ccc(-c4nc(-c5ccccc5)c5ccccc5n4)cc32)c2ccccc21. The summed E-state index contributed by atoms with van der Waals surface area (Å²) in [6, 6.07) is 51.5. The van der Waals surface area contributed by atoms with Crippen molar-refractivity contribution in [2.45, 2.75) is 24.7 Å². The predicted molar refractivity (Wildman–Crippen MR) is 181 cm³/mol. The third kappa shape index (κ3) is 3.58. The molecule has 0 atom stereocenters. The third-order valence-electron chi connectivity index (χ3n) is 9.81. The molecule has 2 aliphatic rings. The molecule has 1 aliphatic carbocycles. The van der Waals surface area contributed by atoms with Crippen LogP contribution in [0.4, 0.5) is 0 Å². The van der Waals surface area contributed by atoms with Crippen molar-refractivity contribution in [2.75, 3.05) is 0 Å². The lowest BCUT2D eigenvalue weighted by Gasteiger charge is -2.50. The third-order valence-corrected chi connectivity index (χ3v) is 9.81. The Kier molecular flexibility index (Phi) is 5.46. The molecule has 7 aromatic rings. The van der Waals surface area contributed by atoms with Crippen LogP contribution in [0.1, 0.15) is 47.2 Å². The summed E-state index contributed by atoms with van der Waals surface area (Å²) in [5.74, 6) is 2.43. The Labute approximate surface area is 262 Å². The Balaban J connectivity index is 1.37. The van der Waals surface area contributed by atoms with E-state index in [1.807, 2.05) is 12.1 Å². The molecule has 0 saturated carbocycles. The van der Waals surface area contributed by atoms with Crippen molar-refractivity contribution >= 4 is 10.9 Å². The van der Waals surface area contributed by atoms with Crippen molar-refractivity contribution in [3.05, 3.63) is 179 Å². The van der Waals surface area contributed by atoms with Crippen LogP contribution in [0.2, 0.25) is 0 Å². The molecule has 0 amide bonds. The molecule has 1 spiro atoms. The fourth-order valence-corrected chi connectivity index (χ4v) is 7.78. The van der Waals surface area contributed by atoms with E-state index in [0.717, 1.165) is 50.3 Å². The number of fused-ring (bicyclic) bond motifs is 9. The summed E-state index contributed by atoms with van der Waals surface area (Å²) < 4.78 is 6.70. The average molecular weight is 579 g/mol. The van der Waals surface area contributed by atoms with Crippen LogP contribution in [-0.4, -0.2) is 9.97 Å². The summed E-state index contributed by atoms with van der Waals surface area (Å²) in [4.78, 5) is 10.3. The molecular formula is C42H30N2O. The first-order valence-corrected chi connectivity index (χ1v) is 15.5. The molecular weight excluding hydrogens is 548 g/mol. The number of nitrogens with zero attached hydrogens (tertiary/aromatic N) is 2. The second kappa shape index (κ2) is 9.48.